The third-order valence-electron chi connectivity index (χ3n) is 5.79. The molecular weight excluding hydrogens is 418 g/mol. The molecule has 7 nitrogen and oxygen atoms in total. The minimum Gasteiger partial charge on any atom is -0.461 e. The molecule has 1 aliphatic carbocycles. The van der Waals surface area contributed by atoms with Crippen molar-refractivity contribution >= 4 is 28.5 Å². The van der Waals surface area contributed by atoms with Crippen LogP contribution in [0.3, 0.4) is 0 Å². The molecule has 3 aromatic rings. The maximum absolute atomic E-state index is 11.7. The van der Waals surface area contributed by atoms with Gasteiger partial charge in [-0.05, 0) is 56.2 Å². The number of rotatable bonds is 8. The van der Waals surface area contributed by atoms with Gasteiger partial charge in [0.15, 0.2) is 11.4 Å². The van der Waals surface area contributed by atoms with Gasteiger partial charge in [-0.25, -0.2) is 4.98 Å². The number of fused-ring (bicyclic) bond motifs is 1. The minimum atomic E-state index is -0.390. The molecular formula is C23H26ClN3O4. The number of benzene rings is 1. The zero-order valence-electron chi connectivity index (χ0n) is 17.2. The summed E-state index contributed by atoms with van der Waals surface area (Å²) in [6.07, 6.45) is 4.39. The van der Waals surface area contributed by atoms with Crippen molar-refractivity contribution in [1.82, 2.24) is 15.0 Å². The van der Waals surface area contributed by atoms with Gasteiger partial charge >= 0.3 is 0 Å². The maximum atomic E-state index is 11.7. The van der Waals surface area contributed by atoms with Crippen LogP contribution in [-0.4, -0.2) is 50.3 Å². The molecule has 1 fully saturated rings. The van der Waals surface area contributed by atoms with E-state index < -0.39 is 6.61 Å². The molecule has 31 heavy (non-hydrogen) atoms. The van der Waals surface area contributed by atoms with Crippen molar-refractivity contribution in [3.63, 3.8) is 0 Å². The molecule has 0 radical (unpaired) electrons. The third kappa shape index (κ3) is 5.06. The lowest BCUT2D eigenvalue weighted by atomic mass is 9.85. The highest BCUT2D eigenvalue weighted by Gasteiger charge is 2.27. The Bertz CT molecular complexity index is 1060. The van der Waals surface area contributed by atoms with E-state index in [2.05, 4.69) is 15.0 Å². The monoisotopic (exact) mass is 443 g/mol. The second kappa shape index (κ2) is 9.77. The van der Waals surface area contributed by atoms with E-state index in [0.717, 1.165) is 30.4 Å². The lowest BCUT2D eigenvalue weighted by Gasteiger charge is -2.26. The Morgan fingerprint density at radius 1 is 1.16 bits per heavy atom. The van der Waals surface area contributed by atoms with Gasteiger partial charge in [-0.2, -0.15) is 4.98 Å². The van der Waals surface area contributed by atoms with Crippen molar-refractivity contribution in [3.8, 4) is 17.3 Å². The number of carbonyl (C=O) groups excluding carboxylic acids is 1. The molecule has 8 heteroatoms. The van der Waals surface area contributed by atoms with Gasteiger partial charge in [0.25, 0.3) is 6.01 Å². The van der Waals surface area contributed by atoms with E-state index in [0.29, 0.717) is 47.2 Å². The number of aliphatic hydroxyl groups is 2. The van der Waals surface area contributed by atoms with E-state index in [-0.39, 0.29) is 24.4 Å². The number of carbonyl (C=O) groups is 1. The van der Waals surface area contributed by atoms with Crippen LogP contribution in [0.1, 0.15) is 37.7 Å². The molecule has 0 spiro atoms. The van der Waals surface area contributed by atoms with E-state index in [1.165, 1.54) is 0 Å². The summed E-state index contributed by atoms with van der Waals surface area (Å²) < 4.78 is 6.00. The molecule has 1 saturated carbocycles. The van der Waals surface area contributed by atoms with Crippen LogP contribution in [0.4, 0.5) is 0 Å². The summed E-state index contributed by atoms with van der Waals surface area (Å²) in [4.78, 5) is 23.9. The van der Waals surface area contributed by atoms with Gasteiger partial charge in [-0.3, -0.25) is 9.78 Å². The summed E-state index contributed by atoms with van der Waals surface area (Å²) in [6, 6.07) is 10.2. The van der Waals surface area contributed by atoms with Crippen LogP contribution in [0.2, 0.25) is 5.02 Å². The minimum absolute atomic E-state index is 0.0264. The SMILES string of the molecule is O=C(CO)[C@H]1CC[C@H](Oc2nc3cc(Cl)c(-c4cccc(CCCO)c4)nc3[nH]2)CC1. The molecule has 0 saturated heterocycles. The number of nitrogens with one attached hydrogen (secondary N) is 1. The number of aromatic nitrogens is 3. The van der Waals surface area contributed by atoms with Crippen molar-refractivity contribution in [2.45, 2.75) is 44.6 Å². The van der Waals surface area contributed by atoms with E-state index in [1.54, 1.807) is 6.07 Å². The second-order valence-corrected chi connectivity index (χ2v) is 8.38. The van der Waals surface area contributed by atoms with Gasteiger partial charge in [0.2, 0.25) is 0 Å². The Balaban J connectivity index is 1.50. The van der Waals surface area contributed by atoms with E-state index in [9.17, 15) is 4.79 Å². The summed E-state index contributed by atoms with van der Waals surface area (Å²) >= 11 is 6.51. The fourth-order valence-electron chi connectivity index (χ4n) is 4.10. The number of hydrogen-bond acceptors (Lipinski definition) is 6. The van der Waals surface area contributed by atoms with Crippen LogP contribution in [0.15, 0.2) is 30.3 Å². The van der Waals surface area contributed by atoms with Gasteiger partial charge in [0.05, 0.1) is 10.7 Å². The molecule has 0 atom stereocenters. The van der Waals surface area contributed by atoms with Crippen molar-refractivity contribution in [2.24, 2.45) is 5.92 Å². The number of hydrogen-bond donors (Lipinski definition) is 3. The molecule has 0 amide bonds. The third-order valence-corrected chi connectivity index (χ3v) is 6.08. The molecule has 0 unspecified atom stereocenters. The van der Waals surface area contributed by atoms with Crippen LogP contribution in [0.5, 0.6) is 6.01 Å². The van der Waals surface area contributed by atoms with Crippen LogP contribution >= 0.6 is 11.6 Å². The van der Waals surface area contributed by atoms with Crippen LogP contribution in [0.25, 0.3) is 22.4 Å². The normalized spacial score (nSPS) is 18.9. The van der Waals surface area contributed by atoms with Crippen LogP contribution in [-0.2, 0) is 11.2 Å². The van der Waals surface area contributed by atoms with Crippen molar-refractivity contribution in [1.29, 1.82) is 0 Å². The number of ketones is 1. The molecule has 4 rings (SSSR count). The summed E-state index contributed by atoms with van der Waals surface area (Å²) in [5.74, 6) is -0.161. The van der Waals surface area contributed by atoms with Gasteiger partial charge in [0, 0.05) is 18.1 Å². The fourth-order valence-corrected chi connectivity index (χ4v) is 4.35. The van der Waals surface area contributed by atoms with Crippen LogP contribution in [0, 0.1) is 5.92 Å². The average molecular weight is 444 g/mol. The predicted octanol–water partition coefficient (Wildman–Crippen LogP) is 3.70. The number of aliphatic hydroxyl groups excluding tert-OH is 2. The summed E-state index contributed by atoms with van der Waals surface area (Å²) in [6.45, 7) is -0.232. The number of imidazole rings is 1. The number of aromatic amines is 1. The number of pyridine rings is 1. The Labute approximate surface area is 185 Å². The Hall–Kier alpha value is -2.48. The predicted molar refractivity (Wildman–Crippen MR) is 118 cm³/mol. The molecule has 1 aromatic carbocycles. The van der Waals surface area contributed by atoms with Gasteiger partial charge < -0.3 is 14.9 Å². The average Bonchev–Trinajstić information content (AvgIpc) is 3.18. The van der Waals surface area contributed by atoms with Crippen molar-refractivity contribution < 1.29 is 19.7 Å². The lowest BCUT2D eigenvalue weighted by molar-refractivity contribution is -0.127. The molecule has 1 aliphatic rings. The van der Waals surface area contributed by atoms with Gasteiger partial charge in [-0.1, -0.05) is 29.8 Å². The number of Topliss-reactive ketones (excluding diaryl/α,β-unsaturated/α-hetero) is 1. The Morgan fingerprint density at radius 3 is 2.71 bits per heavy atom. The van der Waals surface area contributed by atoms with E-state index in [4.69, 9.17) is 26.6 Å². The molecule has 2 heterocycles. The van der Waals surface area contributed by atoms with E-state index >= 15 is 0 Å². The Kier molecular flexibility index (Phi) is 6.85. The second-order valence-electron chi connectivity index (χ2n) is 7.97. The largest absolute Gasteiger partial charge is 0.461 e. The highest BCUT2D eigenvalue weighted by atomic mass is 35.5. The lowest BCUT2D eigenvalue weighted by Crippen LogP contribution is -2.29. The number of aryl methyl sites for hydroxylation is 1. The number of halogens is 1. The molecule has 164 valence electrons. The first-order valence-corrected chi connectivity index (χ1v) is 11.0. The zero-order valence-corrected chi connectivity index (χ0v) is 17.9. The summed E-state index contributed by atoms with van der Waals surface area (Å²) in [5.41, 5.74) is 3.92. The maximum Gasteiger partial charge on any atom is 0.296 e. The van der Waals surface area contributed by atoms with Crippen molar-refractivity contribution in [3.05, 3.63) is 40.9 Å². The number of H-pyrrole nitrogens is 1. The first-order chi connectivity index (χ1) is 15.1. The Morgan fingerprint density at radius 2 is 1.97 bits per heavy atom. The zero-order chi connectivity index (χ0) is 21.8. The standard InChI is InChI=1S/C23H26ClN3O4/c24-18-12-19-22(26-21(18)16-5-1-3-14(11-16)4-2-10-28)27-23(25-19)31-17-8-6-15(7-9-17)20(30)13-29/h1,3,5,11-12,15,17,28-29H,2,4,6-10,13H2,(H,25,26,27)/t15-,17-. The van der Waals surface area contributed by atoms with Crippen LogP contribution < -0.4 is 4.74 Å². The number of ether oxygens (including phenoxy) is 1. The first kappa shape index (κ1) is 21.7. The summed E-state index contributed by atoms with van der Waals surface area (Å²) in [5, 5.41) is 18.6. The molecule has 3 N–H and O–H groups in total. The van der Waals surface area contributed by atoms with E-state index in [1.807, 2.05) is 24.3 Å². The highest BCUT2D eigenvalue weighted by Crippen LogP contribution is 2.31. The molecule has 0 aliphatic heterocycles. The molecule has 0 bridgehead atoms. The molecule has 2 aromatic heterocycles. The summed E-state index contributed by atoms with van der Waals surface area (Å²) in [7, 11) is 0. The quantitative estimate of drug-likeness (QED) is 0.489. The highest BCUT2D eigenvalue weighted by molar-refractivity contribution is 6.33. The van der Waals surface area contributed by atoms with Gasteiger partial charge in [0.1, 0.15) is 18.2 Å². The van der Waals surface area contributed by atoms with Gasteiger partial charge in [-0.15, -0.1) is 0 Å². The smallest absolute Gasteiger partial charge is 0.296 e. The first-order valence-electron chi connectivity index (χ1n) is 10.6. The fraction of sp³-hybridized carbons (Fsp3) is 0.435. The van der Waals surface area contributed by atoms with Crippen molar-refractivity contribution in [2.75, 3.05) is 13.2 Å². The number of nitrogens with zero attached hydrogens (tertiary/aromatic N) is 2. The topological polar surface area (TPSA) is 108 Å².